The van der Waals surface area contributed by atoms with Gasteiger partial charge in [0.2, 0.25) is 0 Å². The Balaban J connectivity index is 1.62. The Labute approximate surface area is 148 Å². The molecule has 0 spiro atoms. The number of nitrogens with zero attached hydrogens (tertiary/aromatic N) is 3. The number of aromatic nitrogens is 2. The number of benzene rings is 1. The molecule has 0 aliphatic carbocycles. The molecule has 0 radical (unpaired) electrons. The van der Waals surface area contributed by atoms with Crippen molar-refractivity contribution < 1.29 is 13.9 Å². The van der Waals surface area contributed by atoms with E-state index in [0.717, 1.165) is 39.4 Å². The van der Waals surface area contributed by atoms with E-state index >= 15 is 0 Å². The maximum Gasteiger partial charge on any atom is 0.299 e. The van der Waals surface area contributed by atoms with E-state index in [2.05, 4.69) is 9.88 Å². The largest absolute Gasteiger partial charge is 0.496 e. The van der Waals surface area contributed by atoms with Crippen LogP contribution in [0.4, 0.5) is 11.1 Å². The first kappa shape index (κ1) is 15.0. The highest BCUT2D eigenvalue weighted by Gasteiger charge is 2.42. The molecule has 2 atom stereocenters. The summed E-state index contributed by atoms with van der Waals surface area (Å²) < 4.78 is 17.3. The Morgan fingerprint density at radius 1 is 1.32 bits per heavy atom. The van der Waals surface area contributed by atoms with Crippen molar-refractivity contribution in [3.63, 3.8) is 0 Å². The zero-order valence-electron chi connectivity index (χ0n) is 14.0. The first-order valence-corrected chi connectivity index (χ1v) is 9.02. The molecule has 2 bridgehead atoms. The Hall–Kier alpha value is -2.32. The summed E-state index contributed by atoms with van der Waals surface area (Å²) >= 11 is 1.53. The zero-order valence-corrected chi connectivity index (χ0v) is 14.8. The van der Waals surface area contributed by atoms with Crippen molar-refractivity contribution in [1.29, 1.82) is 0 Å². The molecule has 25 heavy (non-hydrogen) atoms. The molecule has 0 amide bonds. The maximum atomic E-state index is 6.10. The molecule has 0 saturated carbocycles. The van der Waals surface area contributed by atoms with Crippen molar-refractivity contribution in [2.45, 2.75) is 25.4 Å². The lowest BCUT2D eigenvalue weighted by atomic mass is 9.97. The molecule has 130 valence electrons. The van der Waals surface area contributed by atoms with Crippen LogP contribution in [-0.4, -0.2) is 36.3 Å². The Bertz CT molecular complexity index is 966. The quantitative estimate of drug-likeness (QED) is 0.753. The Kier molecular flexibility index (Phi) is 3.20. The van der Waals surface area contributed by atoms with E-state index < -0.39 is 0 Å². The predicted molar refractivity (Wildman–Crippen MR) is 95.4 cm³/mol. The first-order valence-electron chi connectivity index (χ1n) is 8.20. The number of hydrogen-bond acceptors (Lipinski definition) is 8. The summed E-state index contributed by atoms with van der Waals surface area (Å²) in [6, 6.07) is 4.72. The number of hydrogen-bond donors (Lipinski definition) is 1. The number of nitrogen functional groups attached to an aromatic ring is 1. The molecule has 2 N–H and O–H groups in total. The molecule has 8 heteroatoms. The highest BCUT2D eigenvalue weighted by atomic mass is 32.1. The molecule has 1 aromatic carbocycles. The number of nitrogens with two attached hydrogens (primary N) is 1. The Morgan fingerprint density at radius 3 is 3.04 bits per heavy atom. The SMILES string of the molecule is COc1cc2nc(N3[C@@H]4COC[C@H]3c3sc(N)nc3C4)oc2cc1C. The summed E-state index contributed by atoms with van der Waals surface area (Å²) in [5.41, 5.74) is 9.61. The minimum absolute atomic E-state index is 0.0494. The molecule has 2 aliphatic heterocycles. The number of ether oxygens (including phenoxy) is 2. The van der Waals surface area contributed by atoms with Crippen LogP contribution in [0.2, 0.25) is 0 Å². The van der Waals surface area contributed by atoms with E-state index in [9.17, 15) is 0 Å². The molecule has 3 aromatic rings. The van der Waals surface area contributed by atoms with Crippen LogP contribution in [-0.2, 0) is 11.2 Å². The van der Waals surface area contributed by atoms with Gasteiger partial charge in [0.05, 0.1) is 43.0 Å². The van der Waals surface area contributed by atoms with E-state index in [1.807, 2.05) is 19.1 Å². The normalized spacial score (nSPS) is 22.2. The number of morpholine rings is 1. The van der Waals surface area contributed by atoms with Gasteiger partial charge in [-0.3, -0.25) is 0 Å². The van der Waals surface area contributed by atoms with Crippen molar-refractivity contribution in [1.82, 2.24) is 9.97 Å². The fourth-order valence-electron chi connectivity index (χ4n) is 3.77. The highest BCUT2D eigenvalue weighted by molar-refractivity contribution is 7.15. The van der Waals surface area contributed by atoms with Gasteiger partial charge in [0.15, 0.2) is 10.7 Å². The van der Waals surface area contributed by atoms with Crippen LogP contribution in [0.15, 0.2) is 16.5 Å². The van der Waals surface area contributed by atoms with Crippen molar-refractivity contribution in [3.8, 4) is 5.75 Å². The summed E-state index contributed by atoms with van der Waals surface area (Å²) in [5.74, 6) is 0.812. The van der Waals surface area contributed by atoms with Crippen LogP contribution >= 0.6 is 11.3 Å². The smallest absolute Gasteiger partial charge is 0.299 e. The second-order valence-corrected chi connectivity index (χ2v) is 7.53. The lowest BCUT2D eigenvalue weighted by Crippen LogP contribution is -2.51. The topological polar surface area (TPSA) is 86.6 Å². The van der Waals surface area contributed by atoms with E-state index in [1.54, 1.807) is 7.11 Å². The molecule has 4 heterocycles. The number of aryl methyl sites for hydroxylation is 1. The van der Waals surface area contributed by atoms with Crippen LogP contribution < -0.4 is 15.4 Å². The molecule has 2 aromatic heterocycles. The molecule has 0 unspecified atom stereocenters. The van der Waals surface area contributed by atoms with E-state index in [-0.39, 0.29) is 12.1 Å². The summed E-state index contributed by atoms with van der Waals surface area (Å²) in [5, 5.41) is 0.607. The van der Waals surface area contributed by atoms with Gasteiger partial charge in [0.1, 0.15) is 11.3 Å². The first-order chi connectivity index (χ1) is 12.1. The highest BCUT2D eigenvalue weighted by Crippen LogP contribution is 2.43. The van der Waals surface area contributed by atoms with Crippen LogP contribution in [0.3, 0.4) is 0 Å². The van der Waals surface area contributed by atoms with Gasteiger partial charge in [-0.05, 0) is 18.6 Å². The average Bonchev–Trinajstić information content (AvgIpc) is 3.15. The summed E-state index contributed by atoms with van der Waals surface area (Å²) in [4.78, 5) is 12.6. The Morgan fingerprint density at radius 2 is 2.20 bits per heavy atom. The van der Waals surface area contributed by atoms with Crippen LogP contribution in [0, 0.1) is 6.92 Å². The van der Waals surface area contributed by atoms with Gasteiger partial charge >= 0.3 is 0 Å². The van der Waals surface area contributed by atoms with Crippen LogP contribution in [0.25, 0.3) is 11.1 Å². The number of methoxy groups -OCH3 is 1. The van der Waals surface area contributed by atoms with E-state index in [4.69, 9.17) is 24.6 Å². The third-order valence-corrected chi connectivity index (χ3v) is 5.93. The van der Waals surface area contributed by atoms with Gasteiger partial charge in [-0.25, -0.2) is 4.98 Å². The second-order valence-electron chi connectivity index (χ2n) is 6.47. The van der Waals surface area contributed by atoms with Crippen molar-refractivity contribution in [2.24, 2.45) is 0 Å². The maximum absolute atomic E-state index is 6.10. The van der Waals surface area contributed by atoms with E-state index in [1.165, 1.54) is 11.3 Å². The fourth-order valence-corrected chi connectivity index (χ4v) is 4.71. The van der Waals surface area contributed by atoms with Gasteiger partial charge in [0, 0.05) is 12.5 Å². The second kappa shape index (κ2) is 5.34. The minimum atomic E-state index is 0.0494. The van der Waals surface area contributed by atoms with Gasteiger partial charge in [-0.1, -0.05) is 11.3 Å². The zero-order chi connectivity index (χ0) is 17.1. The average molecular weight is 358 g/mol. The molecule has 1 saturated heterocycles. The number of thiazole rings is 1. The molecular weight excluding hydrogens is 340 g/mol. The molecule has 2 aliphatic rings. The molecular formula is C17H18N4O3S. The third kappa shape index (κ3) is 2.21. The number of anilines is 2. The van der Waals surface area contributed by atoms with Crippen molar-refractivity contribution in [3.05, 3.63) is 28.3 Å². The predicted octanol–water partition coefficient (Wildman–Crippen LogP) is 2.69. The van der Waals surface area contributed by atoms with Gasteiger partial charge in [-0.2, -0.15) is 4.98 Å². The fraction of sp³-hybridized carbons (Fsp3) is 0.412. The minimum Gasteiger partial charge on any atom is -0.496 e. The summed E-state index contributed by atoms with van der Waals surface area (Å²) in [7, 11) is 1.66. The van der Waals surface area contributed by atoms with Crippen molar-refractivity contribution in [2.75, 3.05) is 31.0 Å². The number of rotatable bonds is 2. The monoisotopic (exact) mass is 358 g/mol. The lowest BCUT2D eigenvalue weighted by molar-refractivity contribution is 0.0579. The summed E-state index contributed by atoms with van der Waals surface area (Å²) in [6.07, 6.45) is 0.792. The third-order valence-electron chi connectivity index (χ3n) is 4.91. The number of fused-ring (bicyclic) bond motifs is 5. The standard InChI is InChI=1S/C17H18N4O3S/c1-8-3-14-10(5-13(8)22-2)20-17(24-14)21-9-4-11-15(25-16(18)19-11)12(21)7-23-6-9/h3,5,9,12H,4,6-7H2,1-2H3,(H2,18,19)/t9-,12-/m0/s1. The summed E-state index contributed by atoms with van der Waals surface area (Å²) in [6.45, 7) is 3.22. The van der Waals surface area contributed by atoms with Gasteiger partial charge in [-0.15, -0.1) is 0 Å². The van der Waals surface area contributed by atoms with Gasteiger partial charge < -0.3 is 24.5 Å². The van der Waals surface area contributed by atoms with Gasteiger partial charge in [0.25, 0.3) is 6.01 Å². The number of oxazole rings is 1. The van der Waals surface area contributed by atoms with Crippen molar-refractivity contribution >= 4 is 33.6 Å². The van der Waals surface area contributed by atoms with Crippen LogP contribution in [0.1, 0.15) is 22.2 Å². The molecule has 5 rings (SSSR count). The molecule has 7 nitrogen and oxygen atoms in total. The van der Waals surface area contributed by atoms with E-state index in [0.29, 0.717) is 24.4 Å². The van der Waals surface area contributed by atoms with Crippen LogP contribution in [0.5, 0.6) is 5.75 Å². The molecule has 1 fully saturated rings. The lowest BCUT2D eigenvalue weighted by Gasteiger charge is -2.43.